The zero-order valence-electron chi connectivity index (χ0n) is 18.5. The van der Waals surface area contributed by atoms with E-state index in [9.17, 15) is 18.0 Å². The van der Waals surface area contributed by atoms with Gasteiger partial charge in [-0.3, -0.25) is 14.6 Å². The Hall–Kier alpha value is -3.88. The molecular weight excluding hydrogens is 458 g/mol. The number of anilines is 2. The van der Waals surface area contributed by atoms with Gasteiger partial charge in [-0.25, -0.2) is 8.42 Å². The molecule has 2 aromatic carbocycles. The normalized spacial score (nSPS) is 13.7. The third-order valence-electron chi connectivity index (χ3n) is 4.64. The second-order valence-corrected chi connectivity index (χ2v) is 8.91. The summed E-state index contributed by atoms with van der Waals surface area (Å²) in [6.07, 6.45) is 5.07. The van der Waals surface area contributed by atoms with Crippen LogP contribution in [0.25, 0.3) is 0 Å². The van der Waals surface area contributed by atoms with Crippen molar-refractivity contribution in [2.45, 2.75) is 24.3 Å². The first-order valence-corrected chi connectivity index (χ1v) is 12.0. The van der Waals surface area contributed by atoms with E-state index in [2.05, 4.69) is 31.6 Å². The Morgan fingerprint density at radius 2 is 1.97 bits per heavy atom. The van der Waals surface area contributed by atoms with Gasteiger partial charge in [-0.15, -0.1) is 6.42 Å². The lowest BCUT2D eigenvalue weighted by molar-refractivity contribution is -0.143. The SMILES string of the molecule is C#C[C@H](CC(=O)OCC)NS(=O)(=O)c1cccc(NC(=O)c2cccc(NC3=NCCN3)c2)c1. The molecule has 0 saturated carbocycles. The van der Waals surface area contributed by atoms with Gasteiger partial charge in [-0.2, -0.15) is 4.72 Å². The van der Waals surface area contributed by atoms with Gasteiger partial charge in [-0.05, 0) is 43.3 Å². The van der Waals surface area contributed by atoms with Gasteiger partial charge in [0.25, 0.3) is 5.91 Å². The van der Waals surface area contributed by atoms with Crippen molar-refractivity contribution in [2.75, 3.05) is 30.3 Å². The van der Waals surface area contributed by atoms with Crippen LogP contribution in [-0.4, -0.2) is 52.0 Å². The third-order valence-corrected chi connectivity index (χ3v) is 6.11. The predicted molar refractivity (Wildman–Crippen MR) is 129 cm³/mol. The molecule has 4 N–H and O–H groups in total. The lowest BCUT2D eigenvalue weighted by Crippen LogP contribution is -2.35. The van der Waals surface area contributed by atoms with Crippen molar-refractivity contribution in [3.8, 4) is 12.3 Å². The minimum atomic E-state index is -4.06. The van der Waals surface area contributed by atoms with E-state index in [0.717, 1.165) is 6.54 Å². The van der Waals surface area contributed by atoms with E-state index in [1.165, 1.54) is 18.2 Å². The number of amides is 1. The molecule has 1 aliphatic rings. The molecule has 1 heterocycles. The van der Waals surface area contributed by atoms with Crippen LogP contribution in [0.5, 0.6) is 0 Å². The van der Waals surface area contributed by atoms with Crippen LogP contribution in [0, 0.1) is 12.3 Å². The molecule has 0 aliphatic carbocycles. The van der Waals surface area contributed by atoms with Crippen LogP contribution in [0.2, 0.25) is 0 Å². The van der Waals surface area contributed by atoms with Crippen LogP contribution in [0.3, 0.4) is 0 Å². The largest absolute Gasteiger partial charge is 0.466 e. The number of aliphatic imine (C=N–C) groups is 1. The summed E-state index contributed by atoms with van der Waals surface area (Å²) in [5.74, 6) is 1.84. The van der Waals surface area contributed by atoms with E-state index < -0.39 is 27.9 Å². The van der Waals surface area contributed by atoms with Gasteiger partial charge in [0.15, 0.2) is 5.96 Å². The molecule has 1 aliphatic heterocycles. The van der Waals surface area contributed by atoms with Gasteiger partial charge in [0.1, 0.15) is 0 Å². The number of esters is 1. The number of terminal acetylenes is 1. The lowest BCUT2D eigenvalue weighted by Gasteiger charge is -2.14. The number of rotatable bonds is 9. The molecule has 3 rings (SSSR count). The van der Waals surface area contributed by atoms with Gasteiger partial charge in [-0.1, -0.05) is 18.1 Å². The average Bonchev–Trinajstić information content (AvgIpc) is 3.32. The molecule has 0 radical (unpaired) electrons. The van der Waals surface area contributed by atoms with Crippen molar-refractivity contribution in [1.29, 1.82) is 0 Å². The van der Waals surface area contributed by atoms with E-state index in [-0.39, 0.29) is 23.6 Å². The van der Waals surface area contributed by atoms with E-state index in [1.807, 2.05) is 0 Å². The van der Waals surface area contributed by atoms with Crippen molar-refractivity contribution < 1.29 is 22.7 Å². The first kappa shape index (κ1) is 24.8. The molecule has 0 fully saturated rings. The summed E-state index contributed by atoms with van der Waals surface area (Å²) in [5.41, 5.74) is 1.33. The zero-order chi connectivity index (χ0) is 24.6. The lowest BCUT2D eigenvalue weighted by atomic mass is 10.2. The highest BCUT2D eigenvalue weighted by Gasteiger charge is 2.22. The number of sulfonamides is 1. The fraction of sp³-hybridized carbons (Fsp3) is 0.261. The number of ether oxygens (including phenoxy) is 1. The number of benzene rings is 2. The van der Waals surface area contributed by atoms with Crippen LogP contribution >= 0.6 is 0 Å². The molecule has 11 heteroatoms. The first-order chi connectivity index (χ1) is 16.3. The fourth-order valence-corrected chi connectivity index (χ4v) is 4.28. The summed E-state index contributed by atoms with van der Waals surface area (Å²) in [6.45, 7) is 3.24. The van der Waals surface area contributed by atoms with Crippen molar-refractivity contribution in [3.05, 3.63) is 54.1 Å². The summed E-state index contributed by atoms with van der Waals surface area (Å²) < 4.78 is 32.6. The van der Waals surface area contributed by atoms with Crippen LogP contribution in [0.15, 0.2) is 58.4 Å². The van der Waals surface area contributed by atoms with Crippen molar-refractivity contribution >= 4 is 39.2 Å². The Labute approximate surface area is 198 Å². The van der Waals surface area contributed by atoms with Crippen molar-refractivity contribution in [3.63, 3.8) is 0 Å². The monoisotopic (exact) mass is 483 g/mol. The van der Waals surface area contributed by atoms with Crippen LogP contribution < -0.4 is 20.7 Å². The Kier molecular flexibility index (Phi) is 8.24. The Morgan fingerprint density at radius 3 is 2.68 bits per heavy atom. The number of guanidine groups is 1. The molecule has 1 amide bonds. The number of carbonyl (C=O) groups is 2. The molecule has 1 atom stereocenters. The molecule has 0 spiro atoms. The fourth-order valence-electron chi connectivity index (χ4n) is 3.08. The van der Waals surface area contributed by atoms with Crippen LogP contribution in [0.4, 0.5) is 11.4 Å². The zero-order valence-corrected chi connectivity index (χ0v) is 19.3. The summed E-state index contributed by atoms with van der Waals surface area (Å²) in [5, 5.41) is 8.87. The molecule has 2 aromatic rings. The Bertz CT molecular complexity index is 1240. The molecule has 0 aromatic heterocycles. The summed E-state index contributed by atoms with van der Waals surface area (Å²) >= 11 is 0. The number of nitrogens with one attached hydrogen (secondary N) is 4. The summed E-state index contributed by atoms with van der Waals surface area (Å²) in [4.78, 5) is 28.5. The predicted octanol–water partition coefficient (Wildman–Crippen LogP) is 1.54. The summed E-state index contributed by atoms with van der Waals surface area (Å²) in [7, 11) is -4.06. The van der Waals surface area contributed by atoms with E-state index in [1.54, 1.807) is 37.3 Å². The standard InChI is InChI=1S/C23H25N5O5S/c1-3-17(15-21(29)33-4-2)28-34(31,32)20-10-6-9-19(14-20)26-22(30)16-7-5-8-18(13-16)27-23-24-11-12-25-23/h1,5-10,13-14,17,28H,4,11-12,15H2,2H3,(H,26,30)(H2,24,25,27)/t17-/m1/s1. The highest BCUT2D eigenvalue weighted by atomic mass is 32.2. The van der Waals surface area contributed by atoms with Gasteiger partial charge >= 0.3 is 5.97 Å². The van der Waals surface area contributed by atoms with Gasteiger partial charge in [0.2, 0.25) is 10.0 Å². The molecular formula is C23H25N5O5S. The minimum absolute atomic E-state index is 0.116. The molecule has 34 heavy (non-hydrogen) atoms. The number of hydrogen-bond donors (Lipinski definition) is 4. The third kappa shape index (κ3) is 6.81. The maximum Gasteiger partial charge on any atom is 0.308 e. The number of nitrogens with zero attached hydrogens (tertiary/aromatic N) is 1. The maximum atomic E-state index is 12.8. The molecule has 0 unspecified atom stereocenters. The van der Waals surface area contributed by atoms with E-state index >= 15 is 0 Å². The van der Waals surface area contributed by atoms with Crippen molar-refractivity contribution in [1.82, 2.24) is 10.0 Å². The molecule has 178 valence electrons. The highest BCUT2D eigenvalue weighted by molar-refractivity contribution is 7.89. The number of hydrogen-bond acceptors (Lipinski definition) is 8. The number of carbonyl (C=O) groups excluding carboxylic acids is 2. The second-order valence-electron chi connectivity index (χ2n) is 7.19. The minimum Gasteiger partial charge on any atom is -0.466 e. The average molecular weight is 484 g/mol. The second kappa shape index (κ2) is 11.3. The smallest absolute Gasteiger partial charge is 0.308 e. The summed E-state index contributed by atoms with van der Waals surface area (Å²) in [6, 6.07) is 11.5. The quantitative estimate of drug-likeness (QED) is 0.314. The Morgan fingerprint density at radius 1 is 1.21 bits per heavy atom. The maximum absolute atomic E-state index is 12.8. The van der Waals surface area contributed by atoms with E-state index in [0.29, 0.717) is 23.8 Å². The van der Waals surface area contributed by atoms with Crippen LogP contribution in [0.1, 0.15) is 23.7 Å². The van der Waals surface area contributed by atoms with Gasteiger partial charge in [0.05, 0.1) is 30.5 Å². The van der Waals surface area contributed by atoms with E-state index in [4.69, 9.17) is 11.2 Å². The van der Waals surface area contributed by atoms with Crippen molar-refractivity contribution in [2.24, 2.45) is 4.99 Å². The molecule has 0 bridgehead atoms. The van der Waals surface area contributed by atoms with Crippen LogP contribution in [-0.2, 0) is 19.6 Å². The Balaban J connectivity index is 1.69. The first-order valence-electron chi connectivity index (χ1n) is 10.5. The molecule has 0 saturated heterocycles. The topological polar surface area (TPSA) is 138 Å². The van der Waals surface area contributed by atoms with Gasteiger partial charge < -0.3 is 20.7 Å². The molecule has 10 nitrogen and oxygen atoms in total. The highest BCUT2D eigenvalue weighted by Crippen LogP contribution is 2.18. The van der Waals surface area contributed by atoms with Gasteiger partial charge in [0, 0.05) is 23.5 Å².